The molecule has 2 N–H and O–H groups in total. The van der Waals surface area contributed by atoms with Crippen molar-refractivity contribution < 1.29 is 23.1 Å². The molecule has 0 fully saturated rings. The summed E-state index contributed by atoms with van der Waals surface area (Å²) in [6.45, 7) is 9.58. The monoisotopic (exact) mass is 462 g/mol. The highest BCUT2D eigenvalue weighted by Gasteiger charge is 2.33. The van der Waals surface area contributed by atoms with Crippen LogP contribution in [-0.4, -0.2) is 25.5 Å². The van der Waals surface area contributed by atoms with E-state index < -0.39 is 23.4 Å². The fraction of sp³-hybridized carbons (Fsp3) is 0.458. The molecule has 9 heteroatoms. The lowest BCUT2D eigenvalue weighted by Crippen LogP contribution is -2.22. The fourth-order valence-electron chi connectivity index (χ4n) is 3.51. The van der Waals surface area contributed by atoms with Gasteiger partial charge in [0.25, 0.3) is 5.91 Å². The Kier molecular flexibility index (Phi) is 6.32. The van der Waals surface area contributed by atoms with E-state index in [0.29, 0.717) is 11.1 Å². The van der Waals surface area contributed by atoms with Crippen molar-refractivity contribution in [2.75, 3.05) is 5.32 Å². The molecule has 0 saturated carbocycles. The standard InChI is InChI=1S/C24H29F3N4O2/c1-22(2,3)11-10-20-29-17-12-14(23(4,5)33)16(13-18(17)31(20)6)30-21(32)15-8-7-9-19(28-15)24(25,26)27/h7-9,12-13,33H,10-11H2,1-6H3,(H,30,32). The number of aliphatic hydroxyl groups is 1. The number of rotatable bonds is 5. The van der Waals surface area contributed by atoms with Crippen molar-refractivity contribution in [2.24, 2.45) is 12.5 Å². The topological polar surface area (TPSA) is 80.0 Å². The summed E-state index contributed by atoms with van der Waals surface area (Å²) in [5, 5.41) is 13.3. The van der Waals surface area contributed by atoms with Crippen LogP contribution < -0.4 is 5.32 Å². The molecule has 1 aromatic carbocycles. The number of nitrogens with zero attached hydrogens (tertiary/aromatic N) is 3. The maximum atomic E-state index is 13.0. The van der Waals surface area contributed by atoms with E-state index in [4.69, 9.17) is 4.98 Å². The third-order valence-electron chi connectivity index (χ3n) is 5.39. The third kappa shape index (κ3) is 5.71. The van der Waals surface area contributed by atoms with E-state index in [0.717, 1.165) is 36.3 Å². The van der Waals surface area contributed by atoms with Crippen molar-refractivity contribution in [1.82, 2.24) is 14.5 Å². The van der Waals surface area contributed by atoms with Gasteiger partial charge in [0.1, 0.15) is 17.2 Å². The van der Waals surface area contributed by atoms with Crippen molar-refractivity contribution in [1.29, 1.82) is 0 Å². The van der Waals surface area contributed by atoms with E-state index in [1.807, 2.05) is 11.6 Å². The molecule has 2 heterocycles. The molecule has 3 rings (SSSR count). The Balaban J connectivity index is 2.02. The summed E-state index contributed by atoms with van der Waals surface area (Å²) in [5.74, 6) is 0.0608. The molecule has 178 valence electrons. The summed E-state index contributed by atoms with van der Waals surface area (Å²) in [6, 6.07) is 6.53. The average Bonchev–Trinajstić information content (AvgIpc) is 2.99. The molecule has 0 bridgehead atoms. The maximum Gasteiger partial charge on any atom is 0.433 e. The maximum absolute atomic E-state index is 13.0. The first-order valence-electron chi connectivity index (χ1n) is 10.6. The van der Waals surface area contributed by atoms with Crippen molar-refractivity contribution in [3.63, 3.8) is 0 Å². The van der Waals surface area contributed by atoms with E-state index in [2.05, 4.69) is 31.1 Å². The Hall–Kier alpha value is -2.94. The number of anilines is 1. The molecule has 0 radical (unpaired) electrons. The van der Waals surface area contributed by atoms with Crippen molar-refractivity contribution in [3.8, 4) is 0 Å². The zero-order chi connectivity index (χ0) is 24.8. The van der Waals surface area contributed by atoms with E-state index in [1.165, 1.54) is 6.07 Å². The molecule has 0 atom stereocenters. The largest absolute Gasteiger partial charge is 0.433 e. The van der Waals surface area contributed by atoms with Crippen LogP contribution in [0, 0.1) is 5.41 Å². The molecule has 0 aliphatic rings. The second-order valence-electron chi connectivity index (χ2n) is 9.95. The molecule has 2 aromatic heterocycles. The van der Waals surface area contributed by atoms with Gasteiger partial charge >= 0.3 is 6.18 Å². The molecular weight excluding hydrogens is 433 g/mol. The van der Waals surface area contributed by atoms with Gasteiger partial charge in [-0.15, -0.1) is 0 Å². The molecule has 3 aromatic rings. The second kappa shape index (κ2) is 8.44. The normalized spacial score (nSPS) is 12.9. The van der Waals surface area contributed by atoms with E-state index in [9.17, 15) is 23.1 Å². The third-order valence-corrected chi connectivity index (χ3v) is 5.39. The number of amides is 1. The number of hydrogen-bond donors (Lipinski definition) is 2. The minimum Gasteiger partial charge on any atom is -0.386 e. The number of benzene rings is 1. The van der Waals surface area contributed by atoms with Gasteiger partial charge in [0.15, 0.2) is 0 Å². The van der Waals surface area contributed by atoms with Gasteiger partial charge in [-0.3, -0.25) is 4.79 Å². The molecule has 6 nitrogen and oxygen atoms in total. The zero-order valence-corrected chi connectivity index (χ0v) is 19.6. The summed E-state index contributed by atoms with van der Waals surface area (Å²) >= 11 is 0. The van der Waals surface area contributed by atoms with Crippen LogP contribution in [0.1, 0.15) is 68.6 Å². The number of alkyl halides is 3. The molecule has 0 aliphatic carbocycles. The number of halogens is 3. The van der Waals surface area contributed by atoms with Crippen LogP contribution in [0.2, 0.25) is 0 Å². The lowest BCUT2D eigenvalue weighted by molar-refractivity contribution is -0.141. The number of carbonyl (C=O) groups excluding carboxylic acids is 1. The number of aromatic nitrogens is 3. The number of carbonyl (C=O) groups is 1. The van der Waals surface area contributed by atoms with Gasteiger partial charge in [0, 0.05) is 24.7 Å². The molecule has 1 amide bonds. The van der Waals surface area contributed by atoms with Gasteiger partial charge in [-0.25, -0.2) is 9.97 Å². The van der Waals surface area contributed by atoms with Crippen LogP contribution in [0.3, 0.4) is 0 Å². The first-order chi connectivity index (χ1) is 15.1. The van der Waals surface area contributed by atoms with Gasteiger partial charge in [0.05, 0.1) is 16.6 Å². The molecule has 33 heavy (non-hydrogen) atoms. The minimum atomic E-state index is -4.66. The van der Waals surface area contributed by atoms with Crippen LogP contribution in [0.5, 0.6) is 0 Å². The Labute approximate surface area is 190 Å². The first kappa shape index (κ1) is 24.7. The number of aryl methyl sites for hydroxylation is 2. The van der Waals surface area contributed by atoms with Gasteiger partial charge in [0.2, 0.25) is 0 Å². The van der Waals surface area contributed by atoms with Crippen molar-refractivity contribution in [3.05, 3.63) is 53.1 Å². The summed E-state index contributed by atoms with van der Waals surface area (Å²) in [4.78, 5) is 20.9. The molecular formula is C24H29F3N4O2. The molecule has 0 saturated heterocycles. The van der Waals surface area contributed by atoms with Crippen LogP contribution in [0.25, 0.3) is 11.0 Å². The van der Waals surface area contributed by atoms with Crippen molar-refractivity contribution in [2.45, 2.75) is 59.2 Å². The van der Waals surface area contributed by atoms with Gasteiger partial charge in [-0.2, -0.15) is 13.2 Å². The fourth-order valence-corrected chi connectivity index (χ4v) is 3.51. The smallest absolute Gasteiger partial charge is 0.386 e. The van der Waals surface area contributed by atoms with E-state index in [1.54, 1.807) is 26.0 Å². The van der Waals surface area contributed by atoms with Crippen LogP contribution in [-0.2, 0) is 25.2 Å². The molecule has 0 aliphatic heterocycles. The number of hydrogen-bond acceptors (Lipinski definition) is 4. The average molecular weight is 463 g/mol. The minimum absolute atomic E-state index is 0.132. The van der Waals surface area contributed by atoms with Gasteiger partial charge in [-0.1, -0.05) is 26.8 Å². The van der Waals surface area contributed by atoms with Crippen LogP contribution in [0.4, 0.5) is 18.9 Å². The lowest BCUT2D eigenvalue weighted by atomic mass is 9.90. The summed E-state index contributed by atoms with van der Waals surface area (Å²) < 4.78 is 40.9. The van der Waals surface area contributed by atoms with E-state index >= 15 is 0 Å². The van der Waals surface area contributed by atoms with E-state index in [-0.39, 0.29) is 16.8 Å². The Morgan fingerprint density at radius 2 is 1.76 bits per heavy atom. The number of imidazole rings is 1. The zero-order valence-electron chi connectivity index (χ0n) is 19.6. The number of fused-ring (bicyclic) bond motifs is 1. The summed E-state index contributed by atoms with van der Waals surface area (Å²) in [6.07, 6.45) is -2.98. The molecule has 0 spiro atoms. The Morgan fingerprint density at radius 3 is 2.33 bits per heavy atom. The second-order valence-corrected chi connectivity index (χ2v) is 9.95. The Morgan fingerprint density at radius 1 is 1.09 bits per heavy atom. The predicted molar refractivity (Wildman–Crippen MR) is 121 cm³/mol. The Bertz CT molecular complexity index is 1190. The predicted octanol–water partition coefficient (Wildman–Crippen LogP) is 5.45. The van der Waals surface area contributed by atoms with Gasteiger partial charge < -0.3 is 15.0 Å². The summed E-state index contributed by atoms with van der Waals surface area (Å²) in [5.41, 5.74) is -0.645. The number of pyridine rings is 1. The van der Waals surface area contributed by atoms with Crippen LogP contribution >= 0.6 is 0 Å². The highest BCUT2D eigenvalue weighted by molar-refractivity contribution is 6.04. The number of nitrogens with one attached hydrogen (secondary N) is 1. The lowest BCUT2D eigenvalue weighted by Gasteiger charge is -2.22. The first-order valence-corrected chi connectivity index (χ1v) is 10.6. The molecule has 0 unspecified atom stereocenters. The SMILES string of the molecule is Cn1c(CCC(C)(C)C)nc2cc(C(C)(C)O)c(NC(=O)c3cccc(C(F)(F)F)n3)cc21. The highest BCUT2D eigenvalue weighted by Crippen LogP contribution is 2.33. The quantitative estimate of drug-likeness (QED) is 0.529. The summed E-state index contributed by atoms with van der Waals surface area (Å²) in [7, 11) is 1.87. The van der Waals surface area contributed by atoms with Crippen LogP contribution in [0.15, 0.2) is 30.3 Å². The highest BCUT2D eigenvalue weighted by atomic mass is 19.4. The van der Waals surface area contributed by atoms with Crippen molar-refractivity contribution >= 4 is 22.6 Å². The van der Waals surface area contributed by atoms with Gasteiger partial charge in [-0.05, 0) is 49.9 Å².